The average molecular weight is 258 g/mol. The summed E-state index contributed by atoms with van der Waals surface area (Å²) >= 11 is 0. The summed E-state index contributed by atoms with van der Waals surface area (Å²) in [5.74, 6) is -0.500. The molecule has 4 N–H and O–H groups in total. The first-order chi connectivity index (χ1) is 7.69. The lowest BCUT2D eigenvalue weighted by molar-refractivity contribution is 0.586. The maximum atomic E-state index is 13.1. The van der Waals surface area contributed by atoms with Gasteiger partial charge in [-0.15, -0.1) is 12.4 Å². The van der Waals surface area contributed by atoms with Crippen molar-refractivity contribution in [3.05, 3.63) is 35.1 Å². The highest BCUT2D eigenvalue weighted by Crippen LogP contribution is 2.19. The number of halogens is 2. The van der Waals surface area contributed by atoms with Crippen LogP contribution in [0.5, 0.6) is 0 Å². The lowest BCUT2D eigenvalue weighted by Crippen LogP contribution is -2.11. The second kappa shape index (κ2) is 8.02. The third-order valence-electron chi connectivity index (χ3n) is 2.51. The topological polar surface area (TPSA) is 75.8 Å². The number of hydrogen-bond donors (Lipinski definition) is 2. The summed E-state index contributed by atoms with van der Waals surface area (Å²) in [6, 6.07) is 6.09. The Balaban J connectivity index is 0.00000256. The number of rotatable bonds is 5. The molecule has 0 saturated carbocycles. The Morgan fingerprint density at radius 1 is 1.35 bits per heavy atom. The van der Waals surface area contributed by atoms with E-state index < -0.39 is 5.82 Å². The zero-order chi connectivity index (χ0) is 12.0. The average Bonchev–Trinajstić information content (AvgIpc) is 2.30. The summed E-state index contributed by atoms with van der Waals surface area (Å²) < 4.78 is 13.1. The Labute approximate surface area is 107 Å². The smallest absolute Gasteiger partial charge is 0.140 e. The number of benzene rings is 1. The molecule has 5 heteroatoms. The molecule has 0 aromatic heterocycles. The maximum Gasteiger partial charge on any atom is 0.140 e. The molecular weight excluding hydrogens is 241 g/mol. The van der Waals surface area contributed by atoms with Crippen molar-refractivity contribution >= 4 is 12.4 Å². The van der Waals surface area contributed by atoms with Gasteiger partial charge in [0.25, 0.3) is 0 Å². The van der Waals surface area contributed by atoms with Crippen molar-refractivity contribution in [2.45, 2.75) is 25.3 Å². The fourth-order valence-electron chi connectivity index (χ4n) is 1.53. The molecule has 3 nitrogen and oxygen atoms in total. The van der Waals surface area contributed by atoms with Gasteiger partial charge in [-0.1, -0.05) is 12.5 Å². The quantitative estimate of drug-likeness (QED) is 0.795. The first-order valence-electron chi connectivity index (χ1n) is 5.34. The molecule has 0 amide bonds. The van der Waals surface area contributed by atoms with Crippen LogP contribution in [0, 0.1) is 17.1 Å². The van der Waals surface area contributed by atoms with Crippen LogP contribution >= 0.6 is 12.4 Å². The molecule has 0 unspecified atom stereocenters. The summed E-state index contributed by atoms with van der Waals surface area (Å²) in [5.41, 5.74) is 12.2. The minimum atomic E-state index is -0.500. The Kier molecular flexibility index (Phi) is 7.47. The zero-order valence-corrected chi connectivity index (χ0v) is 10.3. The number of nitrogens with two attached hydrogens (primary N) is 2. The highest BCUT2D eigenvalue weighted by Gasteiger charge is 2.09. The van der Waals surface area contributed by atoms with E-state index in [0.717, 1.165) is 24.8 Å². The molecule has 0 fully saturated rings. The third-order valence-corrected chi connectivity index (χ3v) is 2.51. The standard InChI is InChI=1S/C12H16FN3.ClH/c13-11-5-4-9(7-10(11)8-15)12(16)3-1-2-6-14;/h4-5,7,12H,1-3,6,14,16H2;1H/t12-;/m0./s1. The van der Waals surface area contributed by atoms with Crippen LogP contribution in [0.25, 0.3) is 0 Å². The molecule has 1 rings (SSSR count). The molecule has 0 heterocycles. The van der Waals surface area contributed by atoms with E-state index in [1.54, 1.807) is 6.07 Å². The third kappa shape index (κ3) is 4.70. The van der Waals surface area contributed by atoms with Crippen LogP contribution in [0.15, 0.2) is 18.2 Å². The van der Waals surface area contributed by atoms with E-state index in [-0.39, 0.29) is 24.0 Å². The molecule has 17 heavy (non-hydrogen) atoms. The number of unbranched alkanes of at least 4 members (excludes halogenated alkanes) is 1. The lowest BCUT2D eigenvalue weighted by atomic mass is 10.00. The van der Waals surface area contributed by atoms with Gasteiger partial charge in [0.1, 0.15) is 11.9 Å². The van der Waals surface area contributed by atoms with Crippen molar-refractivity contribution in [1.29, 1.82) is 5.26 Å². The van der Waals surface area contributed by atoms with E-state index in [1.165, 1.54) is 12.1 Å². The number of hydrogen-bond acceptors (Lipinski definition) is 3. The van der Waals surface area contributed by atoms with Crippen LogP contribution < -0.4 is 11.5 Å². The molecule has 0 aliphatic heterocycles. The monoisotopic (exact) mass is 257 g/mol. The van der Waals surface area contributed by atoms with Crippen LogP contribution in [0.4, 0.5) is 4.39 Å². The predicted octanol–water partition coefficient (Wildman–Crippen LogP) is 2.25. The van der Waals surface area contributed by atoms with Gasteiger partial charge in [-0.3, -0.25) is 0 Å². The van der Waals surface area contributed by atoms with Gasteiger partial charge in [0, 0.05) is 6.04 Å². The normalized spacial score (nSPS) is 11.4. The van der Waals surface area contributed by atoms with E-state index in [9.17, 15) is 4.39 Å². The van der Waals surface area contributed by atoms with Gasteiger partial charge in [-0.05, 0) is 37.1 Å². The minimum absolute atomic E-state index is 0. The SMILES string of the molecule is Cl.N#Cc1cc([C@@H](N)CCCCN)ccc1F. The molecule has 1 aromatic rings. The van der Waals surface area contributed by atoms with Crippen LogP contribution in [0.2, 0.25) is 0 Å². The van der Waals surface area contributed by atoms with E-state index in [4.69, 9.17) is 16.7 Å². The lowest BCUT2D eigenvalue weighted by Gasteiger charge is -2.11. The Morgan fingerprint density at radius 3 is 2.65 bits per heavy atom. The van der Waals surface area contributed by atoms with Gasteiger partial charge in [0.2, 0.25) is 0 Å². The Morgan fingerprint density at radius 2 is 2.06 bits per heavy atom. The van der Waals surface area contributed by atoms with Crippen LogP contribution in [-0.4, -0.2) is 6.54 Å². The van der Waals surface area contributed by atoms with E-state index >= 15 is 0 Å². The minimum Gasteiger partial charge on any atom is -0.330 e. The Hall–Kier alpha value is -1.15. The van der Waals surface area contributed by atoms with Crippen LogP contribution in [0.3, 0.4) is 0 Å². The van der Waals surface area contributed by atoms with E-state index in [1.807, 2.05) is 6.07 Å². The van der Waals surface area contributed by atoms with E-state index in [0.29, 0.717) is 6.54 Å². The van der Waals surface area contributed by atoms with Gasteiger partial charge in [0.15, 0.2) is 0 Å². The van der Waals surface area contributed by atoms with Crippen molar-refractivity contribution in [2.24, 2.45) is 11.5 Å². The molecule has 0 bridgehead atoms. The summed E-state index contributed by atoms with van der Waals surface area (Å²) in [7, 11) is 0. The number of nitriles is 1. The summed E-state index contributed by atoms with van der Waals surface area (Å²) in [4.78, 5) is 0. The van der Waals surface area contributed by atoms with Crippen molar-refractivity contribution in [1.82, 2.24) is 0 Å². The molecule has 1 atom stereocenters. The second-order valence-corrected chi connectivity index (χ2v) is 3.74. The molecule has 0 aliphatic carbocycles. The van der Waals surface area contributed by atoms with Crippen molar-refractivity contribution in [3.8, 4) is 6.07 Å². The molecule has 1 aromatic carbocycles. The van der Waals surface area contributed by atoms with Crippen molar-refractivity contribution in [3.63, 3.8) is 0 Å². The predicted molar refractivity (Wildman–Crippen MR) is 68.2 cm³/mol. The highest BCUT2D eigenvalue weighted by molar-refractivity contribution is 5.85. The van der Waals surface area contributed by atoms with Gasteiger partial charge >= 0.3 is 0 Å². The summed E-state index contributed by atoms with van der Waals surface area (Å²) in [6.07, 6.45) is 2.67. The van der Waals surface area contributed by atoms with Gasteiger partial charge in [-0.2, -0.15) is 5.26 Å². The van der Waals surface area contributed by atoms with E-state index in [2.05, 4.69) is 0 Å². The molecule has 0 spiro atoms. The summed E-state index contributed by atoms with van der Waals surface area (Å²) in [6.45, 7) is 0.652. The van der Waals surface area contributed by atoms with Crippen molar-refractivity contribution in [2.75, 3.05) is 6.54 Å². The van der Waals surface area contributed by atoms with Crippen molar-refractivity contribution < 1.29 is 4.39 Å². The molecule has 0 saturated heterocycles. The summed E-state index contributed by atoms with van der Waals surface area (Å²) in [5, 5.41) is 8.69. The van der Waals surface area contributed by atoms with Gasteiger partial charge in [0.05, 0.1) is 5.56 Å². The molecular formula is C12H17ClFN3. The fourth-order valence-corrected chi connectivity index (χ4v) is 1.53. The Bertz CT molecular complexity index is 390. The van der Waals surface area contributed by atoms with Gasteiger partial charge < -0.3 is 11.5 Å². The highest BCUT2D eigenvalue weighted by atomic mass is 35.5. The first-order valence-corrected chi connectivity index (χ1v) is 5.34. The number of nitrogens with zero attached hydrogens (tertiary/aromatic N) is 1. The molecule has 94 valence electrons. The van der Waals surface area contributed by atoms with Gasteiger partial charge in [-0.25, -0.2) is 4.39 Å². The first kappa shape index (κ1) is 15.9. The second-order valence-electron chi connectivity index (χ2n) is 3.74. The molecule has 0 aliphatic rings. The zero-order valence-electron chi connectivity index (χ0n) is 9.53. The largest absolute Gasteiger partial charge is 0.330 e. The fraction of sp³-hybridized carbons (Fsp3) is 0.417. The van der Waals surface area contributed by atoms with Crippen LogP contribution in [0.1, 0.15) is 36.4 Å². The maximum absolute atomic E-state index is 13.1. The van der Waals surface area contributed by atoms with Crippen LogP contribution in [-0.2, 0) is 0 Å². The molecule has 0 radical (unpaired) electrons.